The van der Waals surface area contributed by atoms with Crippen LogP contribution in [-0.4, -0.2) is 50.5 Å². The van der Waals surface area contributed by atoms with Crippen LogP contribution in [0.4, 0.5) is 5.69 Å². The van der Waals surface area contributed by atoms with E-state index >= 15 is 0 Å². The Labute approximate surface area is 197 Å². The summed E-state index contributed by atoms with van der Waals surface area (Å²) in [4.78, 5) is 27.5. The van der Waals surface area contributed by atoms with E-state index in [1.165, 1.54) is 4.90 Å². The normalized spacial score (nSPS) is 12.3. The minimum atomic E-state index is -3.73. The predicted molar refractivity (Wildman–Crippen MR) is 132 cm³/mol. The third-order valence-electron chi connectivity index (χ3n) is 5.44. The molecule has 0 aliphatic rings. The smallest absolute Gasteiger partial charge is 0.244 e. The summed E-state index contributed by atoms with van der Waals surface area (Å²) in [5.74, 6) is -0.416. The lowest BCUT2D eigenvalue weighted by Gasteiger charge is -2.31. The molecule has 2 rings (SSSR count). The first kappa shape index (κ1) is 26.4. The number of carbonyl (C=O) groups excluding carboxylic acids is 2. The quantitative estimate of drug-likeness (QED) is 0.541. The van der Waals surface area contributed by atoms with Crippen LogP contribution in [-0.2, 0) is 26.2 Å². The van der Waals surface area contributed by atoms with Crippen molar-refractivity contribution in [2.75, 3.05) is 23.7 Å². The van der Waals surface area contributed by atoms with Gasteiger partial charge in [-0.25, -0.2) is 8.42 Å². The minimum absolute atomic E-state index is 0.199. The van der Waals surface area contributed by atoms with Crippen molar-refractivity contribution >= 4 is 27.5 Å². The van der Waals surface area contributed by atoms with Gasteiger partial charge in [0.15, 0.2) is 0 Å². The molecule has 2 aromatic rings. The first-order valence-electron chi connectivity index (χ1n) is 11.2. The van der Waals surface area contributed by atoms with E-state index in [0.29, 0.717) is 18.2 Å². The second-order valence-corrected chi connectivity index (χ2v) is 10.4. The van der Waals surface area contributed by atoms with Gasteiger partial charge in [-0.1, -0.05) is 63.2 Å². The second kappa shape index (κ2) is 11.8. The van der Waals surface area contributed by atoms with Gasteiger partial charge >= 0.3 is 0 Å². The Balaban J connectivity index is 2.34. The number of sulfonamides is 1. The van der Waals surface area contributed by atoms with Gasteiger partial charge in [-0.15, -0.1) is 0 Å². The molecule has 33 heavy (non-hydrogen) atoms. The molecule has 180 valence electrons. The van der Waals surface area contributed by atoms with Crippen LogP contribution in [0.2, 0.25) is 0 Å². The molecule has 8 heteroatoms. The molecule has 2 aromatic carbocycles. The highest BCUT2D eigenvalue weighted by Crippen LogP contribution is 2.22. The number of nitrogens with one attached hydrogen (secondary N) is 1. The summed E-state index contributed by atoms with van der Waals surface area (Å²) in [6.07, 6.45) is 1.86. The Morgan fingerprint density at radius 1 is 0.970 bits per heavy atom. The van der Waals surface area contributed by atoms with E-state index < -0.39 is 28.5 Å². The van der Waals surface area contributed by atoms with Gasteiger partial charge in [-0.05, 0) is 42.5 Å². The Hall–Kier alpha value is -2.87. The van der Waals surface area contributed by atoms with Crippen molar-refractivity contribution < 1.29 is 18.0 Å². The highest BCUT2D eigenvalue weighted by atomic mass is 32.2. The fourth-order valence-electron chi connectivity index (χ4n) is 3.40. The third kappa shape index (κ3) is 7.60. The SMILES string of the molecule is CCCNC(=O)C(C)N(Cc1ccccc1)C(=O)CN(c1ccc(C(C)C)cc1)S(C)(=O)=O. The number of carbonyl (C=O) groups is 2. The van der Waals surface area contributed by atoms with Gasteiger partial charge in [0.1, 0.15) is 12.6 Å². The maximum atomic E-state index is 13.4. The molecule has 0 aliphatic carbocycles. The van der Waals surface area contributed by atoms with Gasteiger partial charge in [0.2, 0.25) is 21.8 Å². The summed E-state index contributed by atoms with van der Waals surface area (Å²) >= 11 is 0. The van der Waals surface area contributed by atoms with Crippen LogP contribution in [0.1, 0.15) is 51.2 Å². The average Bonchev–Trinajstić information content (AvgIpc) is 2.78. The lowest BCUT2D eigenvalue weighted by Crippen LogP contribution is -2.51. The summed E-state index contributed by atoms with van der Waals surface area (Å²) in [5.41, 5.74) is 2.34. The maximum absolute atomic E-state index is 13.4. The van der Waals surface area contributed by atoms with Crippen LogP contribution in [0.3, 0.4) is 0 Å². The molecular weight excluding hydrogens is 438 g/mol. The van der Waals surface area contributed by atoms with Crippen molar-refractivity contribution in [3.63, 3.8) is 0 Å². The van der Waals surface area contributed by atoms with Crippen LogP contribution in [0.25, 0.3) is 0 Å². The number of hydrogen-bond acceptors (Lipinski definition) is 4. The zero-order valence-electron chi connectivity index (χ0n) is 20.1. The van der Waals surface area contributed by atoms with Crippen molar-refractivity contribution in [3.05, 3.63) is 65.7 Å². The molecule has 0 saturated heterocycles. The summed E-state index contributed by atoms with van der Waals surface area (Å²) in [5, 5.41) is 2.82. The maximum Gasteiger partial charge on any atom is 0.244 e. The molecule has 1 atom stereocenters. The highest BCUT2D eigenvalue weighted by molar-refractivity contribution is 7.92. The molecule has 0 aliphatic heterocycles. The van der Waals surface area contributed by atoms with Crippen molar-refractivity contribution in [1.29, 1.82) is 0 Å². The number of rotatable bonds is 11. The van der Waals surface area contributed by atoms with E-state index in [2.05, 4.69) is 19.2 Å². The van der Waals surface area contributed by atoms with Crippen LogP contribution in [0.5, 0.6) is 0 Å². The lowest BCUT2D eigenvalue weighted by molar-refractivity contribution is -0.139. The molecule has 0 fully saturated rings. The van der Waals surface area contributed by atoms with Gasteiger partial charge in [0, 0.05) is 13.1 Å². The Bertz CT molecular complexity index is 1020. The number of hydrogen-bond donors (Lipinski definition) is 1. The fraction of sp³-hybridized carbons (Fsp3) is 0.440. The largest absolute Gasteiger partial charge is 0.354 e. The minimum Gasteiger partial charge on any atom is -0.354 e. The van der Waals surface area contributed by atoms with Gasteiger partial charge in [0.25, 0.3) is 0 Å². The first-order valence-corrected chi connectivity index (χ1v) is 13.1. The first-order chi connectivity index (χ1) is 15.5. The molecule has 0 aromatic heterocycles. The van der Waals surface area contributed by atoms with Crippen molar-refractivity contribution in [3.8, 4) is 0 Å². The number of benzene rings is 2. The molecule has 0 bridgehead atoms. The van der Waals surface area contributed by atoms with Crippen LogP contribution >= 0.6 is 0 Å². The number of nitrogens with zero attached hydrogens (tertiary/aromatic N) is 2. The van der Waals surface area contributed by atoms with Crippen molar-refractivity contribution in [2.24, 2.45) is 0 Å². The van der Waals surface area contributed by atoms with Crippen LogP contribution in [0, 0.1) is 0 Å². The standard InChI is InChI=1S/C25H35N3O4S/c1-6-16-26-25(30)20(4)27(17-21-10-8-7-9-11-21)24(29)18-28(33(5,31)32)23-14-12-22(13-15-23)19(2)3/h7-15,19-20H,6,16-18H2,1-5H3,(H,26,30). The van der Waals surface area contributed by atoms with Gasteiger partial charge in [-0.2, -0.15) is 0 Å². The highest BCUT2D eigenvalue weighted by Gasteiger charge is 2.29. The number of anilines is 1. The predicted octanol–water partition coefficient (Wildman–Crippen LogP) is 3.52. The molecule has 0 spiro atoms. The summed E-state index contributed by atoms with van der Waals surface area (Å²) in [6.45, 7) is 8.04. The van der Waals surface area contributed by atoms with Crippen molar-refractivity contribution in [1.82, 2.24) is 10.2 Å². The Kier molecular flexibility index (Phi) is 9.46. The monoisotopic (exact) mass is 473 g/mol. The summed E-state index contributed by atoms with van der Waals surface area (Å²) in [6, 6.07) is 15.7. The Morgan fingerprint density at radius 2 is 1.58 bits per heavy atom. The van der Waals surface area contributed by atoms with Gasteiger partial charge in [0.05, 0.1) is 11.9 Å². The second-order valence-electron chi connectivity index (χ2n) is 8.49. The fourth-order valence-corrected chi connectivity index (χ4v) is 4.25. The number of amides is 2. The van der Waals surface area contributed by atoms with Gasteiger partial charge in [-0.3, -0.25) is 13.9 Å². The topological polar surface area (TPSA) is 86.8 Å². The third-order valence-corrected chi connectivity index (χ3v) is 6.58. The van der Waals surface area contributed by atoms with Crippen molar-refractivity contribution in [2.45, 2.75) is 52.6 Å². The van der Waals surface area contributed by atoms with E-state index in [-0.39, 0.29) is 12.5 Å². The summed E-state index contributed by atoms with van der Waals surface area (Å²) < 4.78 is 26.3. The van der Waals surface area contributed by atoms with E-state index in [0.717, 1.165) is 28.1 Å². The molecule has 0 saturated carbocycles. The molecular formula is C25H35N3O4S. The van der Waals surface area contributed by atoms with Gasteiger partial charge < -0.3 is 10.2 Å². The Morgan fingerprint density at radius 3 is 2.09 bits per heavy atom. The average molecular weight is 474 g/mol. The molecule has 0 radical (unpaired) electrons. The molecule has 2 amide bonds. The van der Waals surface area contributed by atoms with E-state index in [1.54, 1.807) is 19.1 Å². The molecule has 1 unspecified atom stereocenters. The molecule has 0 heterocycles. The van der Waals surface area contributed by atoms with Crippen LogP contribution in [0.15, 0.2) is 54.6 Å². The summed E-state index contributed by atoms with van der Waals surface area (Å²) in [7, 11) is -3.73. The molecule has 7 nitrogen and oxygen atoms in total. The van der Waals surface area contributed by atoms with E-state index in [4.69, 9.17) is 0 Å². The van der Waals surface area contributed by atoms with Crippen LogP contribution < -0.4 is 9.62 Å². The zero-order valence-corrected chi connectivity index (χ0v) is 20.9. The lowest BCUT2D eigenvalue weighted by atomic mass is 10.0. The van der Waals surface area contributed by atoms with E-state index in [1.807, 2.05) is 49.4 Å². The zero-order chi connectivity index (χ0) is 24.6. The van der Waals surface area contributed by atoms with E-state index in [9.17, 15) is 18.0 Å². The molecule has 1 N–H and O–H groups in total.